The lowest BCUT2D eigenvalue weighted by Crippen LogP contribution is -2.34. The van der Waals surface area contributed by atoms with Crippen molar-refractivity contribution in [1.29, 1.82) is 0 Å². The van der Waals surface area contributed by atoms with Crippen LogP contribution in [0.4, 0.5) is 5.69 Å². The van der Waals surface area contributed by atoms with E-state index in [1.807, 2.05) is 6.92 Å². The highest BCUT2D eigenvalue weighted by Gasteiger charge is 2.30. The van der Waals surface area contributed by atoms with Crippen molar-refractivity contribution in [2.24, 2.45) is 0 Å². The number of hydrogen-bond donors (Lipinski definition) is 0. The summed E-state index contributed by atoms with van der Waals surface area (Å²) in [6.07, 6.45) is 1.05. The lowest BCUT2D eigenvalue weighted by Gasteiger charge is -2.27. The maximum atomic E-state index is 12.4. The van der Waals surface area contributed by atoms with Crippen molar-refractivity contribution in [3.63, 3.8) is 0 Å². The number of aldehydes is 1. The number of benzene rings is 2. The van der Waals surface area contributed by atoms with Crippen LogP contribution in [0.3, 0.4) is 0 Å². The number of carbonyl (C=O) groups is 1. The molecule has 0 fully saturated rings. The maximum Gasteiger partial charge on any atom is 0.297 e. The Kier molecular flexibility index (Phi) is 6.18. The summed E-state index contributed by atoms with van der Waals surface area (Å²) in [6, 6.07) is 8.82. The number of carbonyl (C=O) groups excluding carboxylic acids is 1. The molecule has 158 valence electrons. The monoisotopic (exact) mass is 433 g/mol. The summed E-state index contributed by atoms with van der Waals surface area (Å²) in [5, 5.41) is 11.4. The zero-order chi connectivity index (χ0) is 21.9. The van der Waals surface area contributed by atoms with E-state index in [9.17, 15) is 23.3 Å². The first-order valence-corrected chi connectivity index (χ1v) is 10.3. The maximum absolute atomic E-state index is 12.4. The second kappa shape index (κ2) is 8.64. The first-order valence-electron chi connectivity index (χ1n) is 8.91. The SMILES string of the molecule is CC(C=O)=Cc1c([N+](=O)[O-])ccc2c1OC(COS(=O)(=O)c1ccc(C)cc1)CO2. The van der Waals surface area contributed by atoms with Gasteiger partial charge in [-0.25, -0.2) is 0 Å². The van der Waals surface area contributed by atoms with Crippen LogP contribution in [0.25, 0.3) is 6.08 Å². The molecular weight excluding hydrogens is 414 g/mol. The molecule has 30 heavy (non-hydrogen) atoms. The first kappa shape index (κ1) is 21.5. The molecule has 3 rings (SSSR count). The van der Waals surface area contributed by atoms with Gasteiger partial charge in [-0.2, -0.15) is 8.42 Å². The van der Waals surface area contributed by atoms with E-state index >= 15 is 0 Å². The van der Waals surface area contributed by atoms with Crippen molar-refractivity contribution < 1.29 is 31.8 Å². The zero-order valence-corrected chi connectivity index (χ0v) is 17.0. The molecule has 0 radical (unpaired) electrons. The van der Waals surface area contributed by atoms with Crippen LogP contribution in [0.1, 0.15) is 18.1 Å². The number of nitrogens with zero attached hydrogens (tertiary/aromatic N) is 1. The summed E-state index contributed by atoms with van der Waals surface area (Å²) in [4.78, 5) is 21.8. The average Bonchev–Trinajstić information content (AvgIpc) is 2.72. The van der Waals surface area contributed by atoms with Crippen LogP contribution in [0.15, 0.2) is 46.9 Å². The molecule has 0 spiro atoms. The Morgan fingerprint density at radius 1 is 1.27 bits per heavy atom. The van der Waals surface area contributed by atoms with E-state index in [0.29, 0.717) is 6.29 Å². The molecular formula is C20H19NO8S. The fourth-order valence-corrected chi connectivity index (χ4v) is 3.71. The second-order valence-corrected chi connectivity index (χ2v) is 8.31. The largest absolute Gasteiger partial charge is 0.486 e. The number of allylic oxidation sites excluding steroid dienone is 1. The minimum Gasteiger partial charge on any atom is -0.486 e. The molecule has 1 aliphatic heterocycles. The van der Waals surface area contributed by atoms with Gasteiger partial charge in [0.25, 0.3) is 15.8 Å². The summed E-state index contributed by atoms with van der Waals surface area (Å²) in [5.74, 6) is 0.307. The molecule has 0 aromatic heterocycles. The molecule has 1 aliphatic rings. The van der Waals surface area contributed by atoms with Crippen molar-refractivity contribution >= 4 is 28.2 Å². The summed E-state index contributed by atoms with van der Waals surface area (Å²) in [7, 11) is -4.01. The third-order valence-electron chi connectivity index (χ3n) is 4.32. The van der Waals surface area contributed by atoms with Crippen LogP contribution < -0.4 is 9.47 Å². The quantitative estimate of drug-likeness (QED) is 0.215. The van der Waals surface area contributed by atoms with Gasteiger partial charge < -0.3 is 9.47 Å². The van der Waals surface area contributed by atoms with E-state index in [2.05, 4.69) is 0 Å². The predicted molar refractivity (Wildman–Crippen MR) is 107 cm³/mol. The molecule has 0 saturated heterocycles. The molecule has 0 aliphatic carbocycles. The molecule has 1 atom stereocenters. The van der Waals surface area contributed by atoms with Gasteiger partial charge in [-0.15, -0.1) is 0 Å². The van der Waals surface area contributed by atoms with Crippen molar-refractivity contribution in [1.82, 2.24) is 0 Å². The molecule has 0 bridgehead atoms. The third kappa shape index (κ3) is 4.66. The normalized spacial score (nSPS) is 16.2. The van der Waals surface area contributed by atoms with Crippen LogP contribution >= 0.6 is 0 Å². The Balaban J connectivity index is 1.84. The summed E-state index contributed by atoms with van der Waals surface area (Å²) in [5.41, 5.74) is 0.943. The summed E-state index contributed by atoms with van der Waals surface area (Å²) in [6.45, 7) is 2.96. The fourth-order valence-electron chi connectivity index (χ4n) is 2.77. The predicted octanol–water partition coefficient (Wildman–Crippen LogP) is 3.05. The molecule has 2 aromatic carbocycles. The molecule has 10 heteroatoms. The van der Waals surface area contributed by atoms with Crippen LogP contribution in [0.5, 0.6) is 11.5 Å². The summed E-state index contributed by atoms with van der Waals surface area (Å²) < 4.78 is 41.2. The van der Waals surface area contributed by atoms with E-state index in [-0.39, 0.29) is 46.4 Å². The molecule has 1 heterocycles. The van der Waals surface area contributed by atoms with Gasteiger partial charge >= 0.3 is 0 Å². The van der Waals surface area contributed by atoms with Gasteiger partial charge in [-0.05, 0) is 43.7 Å². The van der Waals surface area contributed by atoms with Crippen molar-refractivity contribution in [3.8, 4) is 11.5 Å². The number of rotatable bonds is 7. The Hall–Kier alpha value is -3.24. The molecule has 0 saturated carbocycles. The van der Waals surface area contributed by atoms with E-state index in [4.69, 9.17) is 13.7 Å². The molecule has 0 amide bonds. The number of nitro groups is 1. The highest BCUT2D eigenvalue weighted by Crippen LogP contribution is 2.41. The number of hydrogen-bond acceptors (Lipinski definition) is 8. The Bertz CT molecular complexity index is 1110. The summed E-state index contributed by atoms with van der Waals surface area (Å²) >= 11 is 0. The van der Waals surface area contributed by atoms with Gasteiger partial charge in [0.2, 0.25) is 0 Å². The Labute approximate surface area is 173 Å². The van der Waals surface area contributed by atoms with E-state index < -0.39 is 21.1 Å². The van der Waals surface area contributed by atoms with E-state index in [1.54, 1.807) is 12.1 Å². The first-order chi connectivity index (χ1) is 14.2. The lowest BCUT2D eigenvalue weighted by molar-refractivity contribution is -0.385. The van der Waals surface area contributed by atoms with Crippen molar-refractivity contribution in [3.05, 3.63) is 63.2 Å². The molecule has 2 aromatic rings. The molecule has 1 unspecified atom stereocenters. The van der Waals surface area contributed by atoms with Crippen molar-refractivity contribution in [2.45, 2.75) is 24.8 Å². The number of aryl methyl sites for hydroxylation is 1. The Morgan fingerprint density at radius 3 is 2.60 bits per heavy atom. The zero-order valence-electron chi connectivity index (χ0n) is 16.2. The van der Waals surface area contributed by atoms with E-state index in [1.165, 1.54) is 37.3 Å². The van der Waals surface area contributed by atoms with Crippen LogP contribution in [-0.4, -0.2) is 38.9 Å². The average molecular weight is 433 g/mol. The van der Waals surface area contributed by atoms with Crippen LogP contribution in [-0.2, 0) is 19.1 Å². The topological polar surface area (TPSA) is 122 Å². The minimum absolute atomic E-state index is 0.00564. The number of fused-ring (bicyclic) bond motifs is 1. The third-order valence-corrected chi connectivity index (χ3v) is 5.62. The molecule has 0 N–H and O–H groups in total. The standard InChI is InChI=1S/C20H19NO8S/c1-13-3-5-16(6-4-13)30(25,26)28-12-15-11-27-19-8-7-18(21(23)24)17(20(19)29-15)9-14(2)10-22/h3-10,15H,11-12H2,1-2H3. The van der Waals surface area contributed by atoms with Gasteiger partial charge in [0.05, 0.1) is 15.4 Å². The van der Waals surface area contributed by atoms with Crippen molar-refractivity contribution in [2.75, 3.05) is 13.2 Å². The van der Waals surface area contributed by atoms with Gasteiger partial charge in [0, 0.05) is 6.07 Å². The highest BCUT2D eigenvalue weighted by molar-refractivity contribution is 7.86. The Morgan fingerprint density at radius 2 is 1.97 bits per heavy atom. The van der Waals surface area contributed by atoms with Crippen LogP contribution in [0.2, 0.25) is 0 Å². The van der Waals surface area contributed by atoms with E-state index in [0.717, 1.165) is 5.56 Å². The van der Waals surface area contributed by atoms with Gasteiger partial charge in [-0.1, -0.05) is 17.7 Å². The number of ether oxygens (including phenoxy) is 2. The second-order valence-electron chi connectivity index (χ2n) is 6.69. The van der Waals surface area contributed by atoms with Crippen LogP contribution in [0, 0.1) is 17.0 Å². The lowest BCUT2D eigenvalue weighted by atomic mass is 10.1. The smallest absolute Gasteiger partial charge is 0.297 e. The van der Waals surface area contributed by atoms with Gasteiger partial charge in [0.1, 0.15) is 19.5 Å². The molecule has 9 nitrogen and oxygen atoms in total. The fraction of sp³-hybridized carbons (Fsp3) is 0.250. The van der Waals surface area contributed by atoms with Gasteiger partial charge in [0.15, 0.2) is 17.6 Å². The minimum atomic E-state index is -4.01. The highest BCUT2D eigenvalue weighted by atomic mass is 32.2. The van der Waals surface area contributed by atoms with Gasteiger partial charge in [-0.3, -0.25) is 19.1 Å². The number of nitro benzene ring substituents is 1.